The lowest BCUT2D eigenvalue weighted by Gasteiger charge is -2.35. The third-order valence-corrected chi connectivity index (χ3v) is 12.8. The molecule has 2 aliphatic rings. The van der Waals surface area contributed by atoms with Crippen LogP contribution in [0.1, 0.15) is 69.2 Å². The number of ether oxygens (including phenoxy) is 6. The number of ketones is 2. The minimum Gasteiger partial charge on any atom is -0.465 e. The van der Waals surface area contributed by atoms with E-state index in [9.17, 15) is 58.2 Å². The van der Waals surface area contributed by atoms with Crippen molar-refractivity contribution in [2.75, 3.05) is 43.7 Å². The van der Waals surface area contributed by atoms with Crippen LogP contribution in [0, 0.1) is 0 Å². The van der Waals surface area contributed by atoms with Crippen LogP contribution < -0.4 is 5.32 Å². The largest absolute Gasteiger partial charge is 0.465 e. The summed E-state index contributed by atoms with van der Waals surface area (Å²) in [5, 5.41) is 23.8. The number of thiol groups is 1. The maximum Gasteiger partial charge on any atom is 0.374 e. The highest BCUT2D eigenvalue weighted by Gasteiger charge is 2.50. The molecule has 346 valence electrons. The van der Waals surface area contributed by atoms with Crippen molar-refractivity contribution in [3.8, 4) is 0 Å². The van der Waals surface area contributed by atoms with E-state index < -0.39 is 50.3 Å². The van der Waals surface area contributed by atoms with Gasteiger partial charge in [0.15, 0.2) is 26.6 Å². The van der Waals surface area contributed by atoms with Gasteiger partial charge in [-0.15, -0.1) is 23.5 Å². The second kappa shape index (κ2) is 31.7. The molecule has 0 aromatic heterocycles. The fraction of sp³-hybridized carbons (Fsp3) is 0.611. The van der Waals surface area contributed by atoms with E-state index in [-0.39, 0.29) is 70.9 Å². The summed E-state index contributed by atoms with van der Waals surface area (Å²) in [7, 11) is 0. The fourth-order valence-electron chi connectivity index (χ4n) is 3.74. The van der Waals surface area contributed by atoms with Crippen LogP contribution in [0.4, 0.5) is 0 Å². The van der Waals surface area contributed by atoms with E-state index in [0.29, 0.717) is 29.9 Å². The smallest absolute Gasteiger partial charge is 0.374 e. The Kier molecular flexibility index (Phi) is 31.2. The number of hydrogen-bond donors (Lipinski definition) is 4. The van der Waals surface area contributed by atoms with Gasteiger partial charge in [-0.3, -0.25) is 38.9 Å². The zero-order valence-electron chi connectivity index (χ0n) is 35.3. The molecule has 5 atom stereocenters. The summed E-state index contributed by atoms with van der Waals surface area (Å²) >= 11 is 8.70. The molecule has 0 saturated carbocycles. The second-order valence-electron chi connectivity index (χ2n) is 11.5. The molecule has 2 fully saturated rings. The van der Waals surface area contributed by atoms with Gasteiger partial charge in [0.05, 0.1) is 32.5 Å². The third-order valence-electron chi connectivity index (χ3n) is 6.36. The van der Waals surface area contributed by atoms with E-state index in [4.69, 9.17) is 14.2 Å². The topological polar surface area (TPSA) is 279 Å². The zero-order chi connectivity index (χ0) is 47.5. The molecule has 61 heavy (non-hydrogen) atoms. The summed E-state index contributed by atoms with van der Waals surface area (Å²) in [6.07, 6.45) is 0. The first-order chi connectivity index (χ1) is 28.4. The number of aliphatic hydroxyl groups is 2. The molecule has 0 aromatic rings. The standard InChI is InChI=1S/C10H16O6S2.C9H15NO3S2.C9H12O5S.C8H10O4S/c1-3-15-7(11)6-8(12)17-5-10(14,18-6)9(13)16-4-2;1-3-13-8(12)9(5-14)10-7(4-15-9)6(2)11;1-4-13-9(12)8(14-6(2)10)5-15-7(3)11;1-5(9)8(12-6(2)10)4-13-7(3)11/h6,8,12,14H,3-5H2,1-2H3;7,10,14H,3-5H2,1-2H3;5H,4H2,1-3H3;4H,1-3H3/b;;8-5-;8-4-/t;7-,9?;;/m.0../s1. The summed E-state index contributed by atoms with van der Waals surface area (Å²) < 4.78 is 28.3. The number of nitrogens with one attached hydrogen (secondary N) is 1. The third kappa shape index (κ3) is 24.4. The van der Waals surface area contributed by atoms with Gasteiger partial charge in [-0.05, 0) is 34.6 Å². The summed E-state index contributed by atoms with van der Waals surface area (Å²) in [6, 6.07) is -0.272. The Hall–Kier alpha value is -3.04. The van der Waals surface area contributed by atoms with Crippen LogP contribution in [0.15, 0.2) is 22.3 Å². The van der Waals surface area contributed by atoms with Crippen molar-refractivity contribution < 1.29 is 86.6 Å². The van der Waals surface area contributed by atoms with Crippen molar-refractivity contribution in [2.24, 2.45) is 0 Å². The lowest BCUT2D eigenvalue weighted by atomic mass is 10.2. The number of carbonyl (C=O) groups excluding carboxylic acids is 10. The van der Waals surface area contributed by atoms with Gasteiger partial charge in [-0.2, -0.15) is 12.6 Å². The van der Waals surface area contributed by atoms with Crippen molar-refractivity contribution in [3.63, 3.8) is 0 Å². The Balaban J connectivity index is 0. The van der Waals surface area contributed by atoms with Crippen LogP contribution in [0.3, 0.4) is 0 Å². The molecule has 0 aromatic carbocycles. The lowest BCUT2D eigenvalue weighted by Crippen LogP contribution is -2.52. The monoisotopic (exact) mass is 979 g/mol. The van der Waals surface area contributed by atoms with Crippen LogP contribution in [0.25, 0.3) is 0 Å². The van der Waals surface area contributed by atoms with Gasteiger partial charge in [0.2, 0.25) is 10.7 Å². The fourth-order valence-corrected chi connectivity index (χ4v) is 8.93. The molecular weight excluding hydrogens is 927 g/mol. The Morgan fingerprint density at radius 2 is 1.21 bits per heavy atom. The van der Waals surface area contributed by atoms with Gasteiger partial charge in [0.25, 0.3) is 0 Å². The number of allylic oxidation sites excluding steroid dienone is 1. The first kappa shape index (κ1) is 60.0. The number of hydrogen-bond acceptors (Lipinski definition) is 25. The van der Waals surface area contributed by atoms with Gasteiger partial charge in [0.1, 0.15) is 16.5 Å². The van der Waals surface area contributed by atoms with Crippen molar-refractivity contribution in [2.45, 2.75) is 95.8 Å². The Morgan fingerprint density at radius 3 is 1.62 bits per heavy atom. The molecule has 3 N–H and O–H groups in total. The highest BCUT2D eigenvalue weighted by molar-refractivity contribution is 8.16. The van der Waals surface area contributed by atoms with Crippen molar-refractivity contribution in [1.29, 1.82) is 0 Å². The summed E-state index contributed by atoms with van der Waals surface area (Å²) in [4.78, 5) is 108. The average Bonchev–Trinajstić information content (AvgIpc) is 3.63. The molecule has 2 rings (SSSR count). The lowest BCUT2D eigenvalue weighted by molar-refractivity contribution is -0.154. The van der Waals surface area contributed by atoms with E-state index >= 15 is 0 Å². The van der Waals surface area contributed by atoms with Gasteiger partial charge < -0.3 is 38.6 Å². The van der Waals surface area contributed by atoms with Gasteiger partial charge >= 0.3 is 35.8 Å². The molecule has 0 aliphatic carbocycles. The quantitative estimate of drug-likeness (QED) is 0.0603. The van der Waals surface area contributed by atoms with Crippen molar-refractivity contribution in [3.05, 3.63) is 22.3 Å². The zero-order valence-corrected chi connectivity index (χ0v) is 40.2. The Bertz CT molecular complexity index is 1620. The molecule has 19 nitrogen and oxygen atoms in total. The molecule has 25 heteroatoms. The van der Waals surface area contributed by atoms with Crippen molar-refractivity contribution in [1.82, 2.24) is 5.32 Å². The molecule has 4 unspecified atom stereocenters. The summed E-state index contributed by atoms with van der Waals surface area (Å²) in [6.45, 7) is 15.3. The predicted octanol–water partition coefficient (Wildman–Crippen LogP) is 2.93. The summed E-state index contributed by atoms with van der Waals surface area (Å²) in [5.74, 6) is -3.62. The molecular formula is C36H53NO18S6. The number of aliphatic hydroxyl groups excluding tert-OH is 1. The second-order valence-corrected chi connectivity index (χ2v) is 17.7. The highest BCUT2D eigenvalue weighted by atomic mass is 32.2. The van der Waals surface area contributed by atoms with Crippen LogP contribution in [-0.4, -0.2) is 138 Å². The minimum absolute atomic E-state index is 0.0342. The van der Waals surface area contributed by atoms with E-state index in [2.05, 4.69) is 32.2 Å². The van der Waals surface area contributed by atoms with Crippen LogP contribution >= 0.6 is 71.4 Å². The number of carbonyl (C=O) groups is 10. The molecule has 2 aliphatic heterocycles. The van der Waals surface area contributed by atoms with Crippen molar-refractivity contribution >= 4 is 129 Å². The van der Waals surface area contributed by atoms with Gasteiger partial charge in [0, 0.05) is 62.7 Å². The molecule has 0 radical (unpaired) electrons. The number of Topliss-reactive ketones (excluding diaryl/α,β-unsaturated/α-hetero) is 2. The highest BCUT2D eigenvalue weighted by Crippen LogP contribution is 2.42. The molecule has 0 bridgehead atoms. The summed E-state index contributed by atoms with van der Waals surface area (Å²) in [5.41, 5.74) is -1.01. The molecule has 2 saturated heterocycles. The van der Waals surface area contributed by atoms with Gasteiger partial charge in [-0.1, -0.05) is 35.3 Å². The maximum atomic E-state index is 11.7. The first-order valence-electron chi connectivity index (χ1n) is 17.9. The van der Waals surface area contributed by atoms with E-state index in [1.165, 1.54) is 51.8 Å². The normalized spacial score (nSPS) is 21.8. The van der Waals surface area contributed by atoms with E-state index in [1.807, 2.05) is 0 Å². The van der Waals surface area contributed by atoms with Gasteiger partial charge in [-0.25, -0.2) is 14.4 Å². The SMILES string of the molecule is CC(=O)O/C(=C\SC(C)=O)C(C)=O.CCOC(=O)/C(=C/SC(C)=O)OC(C)=O.CCOC(=O)C1(CS)N[C@H](C(C)=O)CS1.CCOC(=O)C1SC(O)(C(=O)OCC)CSC1O. The maximum absolute atomic E-state index is 11.7. The average molecular weight is 980 g/mol. The van der Waals surface area contributed by atoms with Crippen LogP contribution in [0.2, 0.25) is 0 Å². The minimum atomic E-state index is -1.82. The molecule has 2 heterocycles. The van der Waals surface area contributed by atoms with E-state index in [1.54, 1.807) is 27.7 Å². The molecule has 0 amide bonds. The van der Waals surface area contributed by atoms with E-state index in [0.717, 1.165) is 47.6 Å². The first-order valence-corrected chi connectivity index (χ1v) is 23.2. The van der Waals surface area contributed by atoms with Crippen LogP contribution in [-0.2, 0) is 76.4 Å². The van der Waals surface area contributed by atoms with Crippen LogP contribution in [0.5, 0.6) is 0 Å². The number of thioether (sulfide) groups is 5. The Morgan fingerprint density at radius 1 is 0.738 bits per heavy atom. The number of esters is 6. The Labute approximate surface area is 380 Å². The molecule has 0 spiro atoms. The number of rotatable bonds is 15. The predicted molar refractivity (Wildman–Crippen MR) is 235 cm³/mol.